The molecular formula is C19H14FN3O4. The largest absolute Gasteiger partial charge is 0.496 e. The van der Waals surface area contributed by atoms with Crippen molar-refractivity contribution in [1.82, 2.24) is 15.5 Å². The standard InChI is InChI=1S/C19H14FN3O4/c1-21-18(24)16-12-7-14(25-2)13(19-23-22-9-26-19)8-15(12)27-17(16)10-3-5-11(20)6-4-10/h3-9H,1-2H3,(H,21,24). The second-order valence-corrected chi connectivity index (χ2v) is 5.68. The summed E-state index contributed by atoms with van der Waals surface area (Å²) in [6.45, 7) is 0. The van der Waals surface area contributed by atoms with Gasteiger partial charge in [-0.15, -0.1) is 10.2 Å². The molecule has 0 aliphatic carbocycles. The number of carbonyl (C=O) groups excluding carboxylic acids is 1. The summed E-state index contributed by atoms with van der Waals surface area (Å²) in [5, 5.41) is 10.7. The lowest BCUT2D eigenvalue weighted by molar-refractivity contribution is 0.0964. The number of amides is 1. The van der Waals surface area contributed by atoms with Gasteiger partial charge in [0.1, 0.15) is 22.9 Å². The minimum Gasteiger partial charge on any atom is -0.496 e. The van der Waals surface area contributed by atoms with E-state index < -0.39 is 0 Å². The maximum atomic E-state index is 13.3. The summed E-state index contributed by atoms with van der Waals surface area (Å²) >= 11 is 0. The van der Waals surface area contributed by atoms with E-state index in [2.05, 4.69) is 15.5 Å². The smallest absolute Gasteiger partial charge is 0.255 e. The number of halogens is 1. The molecule has 0 unspecified atom stereocenters. The third-order valence-electron chi connectivity index (χ3n) is 4.16. The number of rotatable bonds is 4. The lowest BCUT2D eigenvalue weighted by Crippen LogP contribution is -2.18. The first-order valence-corrected chi connectivity index (χ1v) is 8.01. The monoisotopic (exact) mass is 367 g/mol. The van der Waals surface area contributed by atoms with Crippen LogP contribution >= 0.6 is 0 Å². The Kier molecular flexibility index (Phi) is 4.08. The fourth-order valence-electron chi connectivity index (χ4n) is 2.90. The van der Waals surface area contributed by atoms with E-state index in [0.717, 1.165) is 0 Å². The first kappa shape index (κ1) is 16.8. The van der Waals surface area contributed by atoms with Crippen molar-refractivity contribution in [3.8, 4) is 28.5 Å². The van der Waals surface area contributed by atoms with Crippen LogP contribution in [0.1, 0.15) is 10.4 Å². The van der Waals surface area contributed by atoms with E-state index in [0.29, 0.717) is 39.2 Å². The van der Waals surface area contributed by atoms with Gasteiger partial charge in [-0.3, -0.25) is 4.79 Å². The number of nitrogens with one attached hydrogen (secondary N) is 1. The molecule has 0 aliphatic rings. The average Bonchev–Trinajstić information content (AvgIpc) is 3.34. The quantitative estimate of drug-likeness (QED) is 0.592. The van der Waals surface area contributed by atoms with Crippen LogP contribution in [0.2, 0.25) is 0 Å². The number of fused-ring (bicyclic) bond motifs is 1. The first-order valence-electron chi connectivity index (χ1n) is 8.01. The number of benzene rings is 2. The zero-order valence-electron chi connectivity index (χ0n) is 14.4. The molecule has 4 rings (SSSR count). The Bertz CT molecular complexity index is 1120. The van der Waals surface area contributed by atoms with Gasteiger partial charge in [-0.1, -0.05) is 0 Å². The van der Waals surface area contributed by atoms with Crippen LogP contribution in [0, 0.1) is 5.82 Å². The van der Waals surface area contributed by atoms with Gasteiger partial charge >= 0.3 is 0 Å². The Balaban J connectivity index is 2.01. The number of aromatic nitrogens is 2. The number of carbonyl (C=O) groups is 1. The molecule has 2 aromatic carbocycles. The van der Waals surface area contributed by atoms with Crippen LogP contribution in [0.4, 0.5) is 4.39 Å². The zero-order chi connectivity index (χ0) is 19.0. The Morgan fingerprint density at radius 3 is 2.63 bits per heavy atom. The maximum absolute atomic E-state index is 13.3. The van der Waals surface area contributed by atoms with Crippen LogP contribution in [-0.4, -0.2) is 30.3 Å². The number of hydrogen-bond acceptors (Lipinski definition) is 6. The molecule has 0 saturated heterocycles. The van der Waals surface area contributed by atoms with E-state index in [-0.39, 0.29) is 17.6 Å². The third-order valence-corrected chi connectivity index (χ3v) is 4.16. The molecular weight excluding hydrogens is 353 g/mol. The van der Waals surface area contributed by atoms with Gasteiger partial charge in [0.05, 0.1) is 18.2 Å². The third kappa shape index (κ3) is 2.80. The molecule has 2 aromatic heterocycles. The van der Waals surface area contributed by atoms with Crippen molar-refractivity contribution in [2.45, 2.75) is 0 Å². The Morgan fingerprint density at radius 2 is 2.00 bits per heavy atom. The van der Waals surface area contributed by atoms with Crippen molar-refractivity contribution in [2.24, 2.45) is 0 Å². The zero-order valence-corrected chi connectivity index (χ0v) is 14.4. The summed E-state index contributed by atoms with van der Waals surface area (Å²) in [4.78, 5) is 12.5. The molecule has 0 fully saturated rings. The van der Waals surface area contributed by atoms with Gasteiger partial charge in [-0.2, -0.15) is 0 Å². The summed E-state index contributed by atoms with van der Waals surface area (Å²) in [5.74, 6) is 0.324. The van der Waals surface area contributed by atoms with E-state index in [1.54, 1.807) is 24.3 Å². The molecule has 0 aliphatic heterocycles. The SMILES string of the molecule is CNC(=O)c1c(-c2ccc(F)cc2)oc2cc(-c3nnco3)c(OC)cc12. The van der Waals surface area contributed by atoms with Crippen LogP contribution in [0.25, 0.3) is 33.7 Å². The van der Waals surface area contributed by atoms with E-state index in [1.165, 1.54) is 32.7 Å². The maximum Gasteiger partial charge on any atom is 0.255 e. The second kappa shape index (κ2) is 6.56. The van der Waals surface area contributed by atoms with Crippen molar-refractivity contribution in [3.05, 3.63) is 54.2 Å². The van der Waals surface area contributed by atoms with E-state index in [1.807, 2.05) is 0 Å². The van der Waals surface area contributed by atoms with Crippen molar-refractivity contribution in [3.63, 3.8) is 0 Å². The van der Waals surface area contributed by atoms with Gasteiger partial charge in [0.25, 0.3) is 11.8 Å². The molecule has 0 radical (unpaired) electrons. The highest BCUT2D eigenvalue weighted by molar-refractivity contribution is 6.12. The summed E-state index contributed by atoms with van der Waals surface area (Å²) in [5.41, 5.74) is 1.87. The number of furan rings is 1. The fourth-order valence-corrected chi connectivity index (χ4v) is 2.90. The van der Waals surface area contributed by atoms with Gasteiger partial charge in [0.2, 0.25) is 6.39 Å². The summed E-state index contributed by atoms with van der Waals surface area (Å²) < 4.78 is 29.9. The van der Waals surface area contributed by atoms with Crippen LogP contribution in [-0.2, 0) is 0 Å². The molecule has 0 bridgehead atoms. The summed E-state index contributed by atoms with van der Waals surface area (Å²) in [6.07, 6.45) is 1.21. The minimum atomic E-state index is -0.378. The van der Waals surface area contributed by atoms with Crippen LogP contribution < -0.4 is 10.1 Å². The van der Waals surface area contributed by atoms with Gasteiger partial charge in [0.15, 0.2) is 0 Å². The van der Waals surface area contributed by atoms with Crippen LogP contribution in [0.5, 0.6) is 5.75 Å². The van der Waals surface area contributed by atoms with Crippen molar-refractivity contribution >= 4 is 16.9 Å². The van der Waals surface area contributed by atoms with Crippen LogP contribution in [0.15, 0.2) is 51.6 Å². The van der Waals surface area contributed by atoms with Gasteiger partial charge in [-0.05, 0) is 36.4 Å². The van der Waals surface area contributed by atoms with E-state index in [9.17, 15) is 9.18 Å². The molecule has 27 heavy (non-hydrogen) atoms. The van der Waals surface area contributed by atoms with E-state index >= 15 is 0 Å². The molecule has 2 heterocycles. The minimum absolute atomic E-state index is 0.259. The highest BCUT2D eigenvalue weighted by Crippen LogP contribution is 2.39. The topological polar surface area (TPSA) is 90.4 Å². The first-order chi connectivity index (χ1) is 13.1. The molecule has 1 N–H and O–H groups in total. The lowest BCUT2D eigenvalue weighted by atomic mass is 10.0. The Hall–Kier alpha value is -3.68. The highest BCUT2D eigenvalue weighted by Gasteiger charge is 2.24. The molecule has 1 amide bonds. The van der Waals surface area contributed by atoms with Gasteiger partial charge < -0.3 is 18.9 Å². The van der Waals surface area contributed by atoms with Gasteiger partial charge in [-0.25, -0.2) is 4.39 Å². The lowest BCUT2D eigenvalue weighted by Gasteiger charge is -2.05. The molecule has 4 aromatic rings. The number of ether oxygens (including phenoxy) is 1. The molecule has 7 nitrogen and oxygen atoms in total. The molecule has 136 valence electrons. The van der Waals surface area contributed by atoms with Crippen LogP contribution in [0.3, 0.4) is 0 Å². The Morgan fingerprint density at radius 1 is 1.22 bits per heavy atom. The fraction of sp³-hybridized carbons (Fsp3) is 0.105. The van der Waals surface area contributed by atoms with E-state index in [4.69, 9.17) is 13.6 Å². The normalized spacial score (nSPS) is 10.9. The number of methoxy groups -OCH3 is 1. The van der Waals surface area contributed by atoms with Crippen molar-refractivity contribution < 1.29 is 22.8 Å². The number of hydrogen-bond donors (Lipinski definition) is 1. The molecule has 0 spiro atoms. The summed E-state index contributed by atoms with van der Waals surface area (Å²) in [6, 6.07) is 9.06. The highest BCUT2D eigenvalue weighted by atomic mass is 19.1. The molecule has 8 heteroatoms. The Labute approximate surface area is 152 Å². The predicted octanol–water partition coefficient (Wildman–Crippen LogP) is 3.66. The molecule has 0 saturated carbocycles. The van der Waals surface area contributed by atoms with Crippen molar-refractivity contribution in [2.75, 3.05) is 14.2 Å². The molecule has 0 atom stereocenters. The number of nitrogens with zero attached hydrogens (tertiary/aromatic N) is 2. The second-order valence-electron chi connectivity index (χ2n) is 5.68. The van der Waals surface area contributed by atoms with Gasteiger partial charge in [0, 0.05) is 18.0 Å². The van der Waals surface area contributed by atoms with Crippen molar-refractivity contribution in [1.29, 1.82) is 0 Å². The average molecular weight is 367 g/mol. The summed E-state index contributed by atoms with van der Waals surface area (Å²) in [7, 11) is 3.03. The predicted molar refractivity (Wildman–Crippen MR) is 94.8 cm³/mol.